The molecule has 0 atom stereocenters. The van der Waals surface area contributed by atoms with Crippen molar-refractivity contribution in [2.24, 2.45) is 5.92 Å². The Kier molecular flexibility index (Phi) is 6.51. The molecule has 0 unspecified atom stereocenters. The number of rotatable bonds is 5. The molecule has 2 aromatic carbocycles. The molecule has 1 heterocycles. The second-order valence-corrected chi connectivity index (χ2v) is 7.54. The fourth-order valence-electron chi connectivity index (χ4n) is 3.47. The zero-order valence-electron chi connectivity index (χ0n) is 15.6. The highest BCUT2D eigenvalue weighted by molar-refractivity contribution is 6.30. The third-order valence-electron chi connectivity index (χ3n) is 5.02. The van der Waals surface area contributed by atoms with Gasteiger partial charge in [-0.15, -0.1) is 0 Å². The Hall–Kier alpha value is -2.33. The van der Waals surface area contributed by atoms with Crippen molar-refractivity contribution in [3.8, 4) is 0 Å². The second-order valence-electron chi connectivity index (χ2n) is 7.11. The quantitative estimate of drug-likeness (QED) is 0.850. The molecule has 1 aliphatic heterocycles. The summed E-state index contributed by atoms with van der Waals surface area (Å²) in [6, 6.07) is 15.3. The van der Waals surface area contributed by atoms with Gasteiger partial charge in [-0.3, -0.25) is 9.59 Å². The van der Waals surface area contributed by atoms with Crippen molar-refractivity contribution in [1.29, 1.82) is 0 Å². The van der Waals surface area contributed by atoms with Crippen molar-refractivity contribution in [2.75, 3.05) is 19.6 Å². The monoisotopic (exact) mass is 384 g/mol. The highest BCUT2D eigenvalue weighted by Gasteiger charge is 2.27. The smallest absolute Gasteiger partial charge is 0.253 e. The summed E-state index contributed by atoms with van der Waals surface area (Å²) < 4.78 is 0. The van der Waals surface area contributed by atoms with E-state index in [1.807, 2.05) is 60.4 Å². The van der Waals surface area contributed by atoms with Gasteiger partial charge in [0.15, 0.2) is 0 Å². The molecule has 0 aromatic heterocycles. The lowest BCUT2D eigenvalue weighted by Gasteiger charge is -2.31. The van der Waals surface area contributed by atoms with Crippen LogP contribution in [0.3, 0.4) is 0 Å². The number of amides is 2. The van der Waals surface area contributed by atoms with E-state index in [9.17, 15) is 9.59 Å². The first kappa shape index (κ1) is 19.4. The van der Waals surface area contributed by atoms with E-state index in [0.717, 1.165) is 23.1 Å². The van der Waals surface area contributed by atoms with E-state index in [2.05, 4.69) is 5.32 Å². The Morgan fingerprint density at radius 3 is 2.56 bits per heavy atom. The number of carbonyl (C=O) groups is 2. The molecule has 2 amide bonds. The van der Waals surface area contributed by atoms with Gasteiger partial charge in [-0.2, -0.15) is 0 Å². The van der Waals surface area contributed by atoms with Crippen LogP contribution < -0.4 is 5.32 Å². The molecular weight excluding hydrogens is 360 g/mol. The lowest BCUT2D eigenvalue weighted by molar-refractivity contribution is -0.126. The highest BCUT2D eigenvalue weighted by Crippen LogP contribution is 2.20. The topological polar surface area (TPSA) is 49.4 Å². The molecule has 1 fully saturated rings. The second kappa shape index (κ2) is 9.05. The van der Waals surface area contributed by atoms with E-state index in [-0.39, 0.29) is 17.7 Å². The van der Waals surface area contributed by atoms with E-state index in [1.165, 1.54) is 0 Å². The third-order valence-corrected chi connectivity index (χ3v) is 5.26. The molecule has 0 spiro atoms. The summed E-state index contributed by atoms with van der Waals surface area (Å²) in [7, 11) is 0. The number of piperidine rings is 1. The third kappa shape index (κ3) is 5.33. The fraction of sp³-hybridized carbons (Fsp3) is 0.364. The summed E-state index contributed by atoms with van der Waals surface area (Å²) >= 11 is 5.98. The van der Waals surface area contributed by atoms with Crippen LogP contribution in [0.15, 0.2) is 48.5 Å². The van der Waals surface area contributed by atoms with Crippen LogP contribution in [0.1, 0.15) is 34.3 Å². The summed E-state index contributed by atoms with van der Waals surface area (Å²) in [4.78, 5) is 26.9. The van der Waals surface area contributed by atoms with Crippen LogP contribution in [-0.4, -0.2) is 36.3 Å². The predicted octanol–water partition coefficient (Wildman–Crippen LogP) is 3.86. The molecule has 3 rings (SSSR count). The number of likely N-dealkylation sites (tertiary alicyclic amines) is 1. The van der Waals surface area contributed by atoms with Gasteiger partial charge in [0.25, 0.3) is 5.91 Å². The molecule has 0 aliphatic carbocycles. The molecule has 1 saturated heterocycles. The summed E-state index contributed by atoms with van der Waals surface area (Å²) in [5.41, 5.74) is 2.91. The van der Waals surface area contributed by atoms with E-state index >= 15 is 0 Å². The van der Waals surface area contributed by atoms with Crippen molar-refractivity contribution in [3.63, 3.8) is 0 Å². The molecule has 0 saturated carbocycles. The van der Waals surface area contributed by atoms with Gasteiger partial charge in [-0.25, -0.2) is 0 Å². The molecule has 1 aliphatic rings. The van der Waals surface area contributed by atoms with Gasteiger partial charge in [0, 0.05) is 36.1 Å². The number of nitrogens with one attached hydrogen (secondary N) is 1. The maximum atomic E-state index is 12.6. The van der Waals surface area contributed by atoms with Crippen molar-refractivity contribution < 1.29 is 9.59 Å². The number of hydrogen-bond donors (Lipinski definition) is 1. The number of halogens is 1. The van der Waals surface area contributed by atoms with Crippen LogP contribution in [0, 0.1) is 12.8 Å². The van der Waals surface area contributed by atoms with Gasteiger partial charge in [0.2, 0.25) is 5.91 Å². The van der Waals surface area contributed by atoms with Crippen LogP contribution in [0.4, 0.5) is 0 Å². The van der Waals surface area contributed by atoms with Gasteiger partial charge < -0.3 is 10.2 Å². The number of aryl methyl sites for hydroxylation is 1. The molecule has 0 bridgehead atoms. The molecule has 142 valence electrons. The van der Waals surface area contributed by atoms with Gasteiger partial charge in [-0.05, 0) is 56.0 Å². The van der Waals surface area contributed by atoms with Gasteiger partial charge in [-0.1, -0.05) is 41.4 Å². The molecule has 4 nitrogen and oxygen atoms in total. The van der Waals surface area contributed by atoms with Crippen molar-refractivity contribution in [2.45, 2.75) is 26.2 Å². The van der Waals surface area contributed by atoms with Gasteiger partial charge in [0.1, 0.15) is 0 Å². The number of nitrogens with zero attached hydrogens (tertiary/aromatic N) is 1. The first-order valence-electron chi connectivity index (χ1n) is 9.41. The Morgan fingerprint density at radius 2 is 1.85 bits per heavy atom. The minimum atomic E-state index is -0.0223. The summed E-state index contributed by atoms with van der Waals surface area (Å²) in [5.74, 6) is 0.115. The average molecular weight is 385 g/mol. The van der Waals surface area contributed by atoms with Crippen LogP contribution in [-0.2, 0) is 11.2 Å². The van der Waals surface area contributed by atoms with Crippen LogP contribution in [0.25, 0.3) is 0 Å². The molecule has 5 heteroatoms. The lowest BCUT2D eigenvalue weighted by Crippen LogP contribution is -2.43. The largest absolute Gasteiger partial charge is 0.356 e. The molecular formula is C22H25ClN2O2. The summed E-state index contributed by atoms with van der Waals surface area (Å²) in [6.45, 7) is 3.83. The van der Waals surface area contributed by atoms with E-state index in [4.69, 9.17) is 11.6 Å². The molecule has 2 aromatic rings. The van der Waals surface area contributed by atoms with Crippen LogP contribution in [0.5, 0.6) is 0 Å². The van der Waals surface area contributed by atoms with Gasteiger partial charge >= 0.3 is 0 Å². The van der Waals surface area contributed by atoms with E-state index < -0.39 is 0 Å². The zero-order chi connectivity index (χ0) is 19.2. The average Bonchev–Trinajstić information content (AvgIpc) is 2.67. The molecule has 27 heavy (non-hydrogen) atoms. The van der Waals surface area contributed by atoms with Crippen LogP contribution >= 0.6 is 11.6 Å². The Morgan fingerprint density at radius 1 is 1.11 bits per heavy atom. The number of hydrogen-bond acceptors (Lipinski definition) is 2. The Labute approximate surface area is 165 Å². The zero-order valence-corrected chi connectivity index (χ0v) is 16.3. The molecule has 1 N–H and O–H groups in total. The fourth-order valence-corrected chi connectivity index (χ4v) is 3.69. The SMILES string of the molecule is Cc1cccc(C(=O)N2CCC(C(=O)NCCc3cccc(Cl)c3)CC2)c1. The predicted molar refractivity (Wildman–Crippen MR) is 108 cm³/mol. The standard InChI is InChI=1S/C22H25ClN2O2/c1-16-4-2-6-19(14-16)22(27)25-12-9-18(10-13-25)21(26)24-11-8-17-5-3-7-20(23)15-17/h2-7,14-15,18H,8-13H2,1H3,(H,24,26). The number of carbonyl (C=O) groups excluding carboxylic acids is 2. The normalized spacial score (nSPS) is 14.8. The molecule has 0 radical (unpaired) electrons. The first-order chi connectivity index (χ1) is 13.0. The first-order valence-corrected chi connectivity index (χ1v) is 9.79. The van der Waals surface area contributed by atoms with Crippen molar-refractivity contribution >= 4 is 23.4 Å². The number of benzene rings is 2. The van der Waals surface area contributed by atoms with Crippen molar-refractivity contribution in [1.82, 2.24) is 10.2 Å². The summed E-state index contributed by atoms with van der Waals surface area (Å²) in [5, 5.41) is 3.73. The van der Waals surface area contributed by atoms with E-state index in [1.54, 1.807) is 0 Å². The summed E-state index contributed by atoms with van der Waals surface area (Å²) in [6.07, 6.45) is 2.18. The van der Waals surface area contributed by atoms with Crippen molar-refractivity contribution in [3.05, 3.63) is 70.2 Å². The lowest BCUT2D eigenvalue weighted by atomic mass is 9.95. The van der Waals surface area contributed by atoms with Gasteiger partial charge in [0.05, 0.1) is 0 Å². The minimum absolute atomic E-state index is 0.0223. The highest BCUT2D eigenvalue weighted by atomic mass is 35.5. The maximum absolute atomic E-state index is 12.6. The Balaban J connectivity index is 1.44. The van der Waals surface area contributed by atoms with Crippen LogP contribution in [0.2, 0.25) is 5.02 Å². The Bertz CT molecular complexity index is 813. The van der Waals surface area contributed by atoms with E-state index in [0.29, 0.717) is 37.5 Å². The minimum Gasteiger partial charge on any atom is -0.356 e. The maximum Gasteiger partial charge on any atom is 0.253 e.